The van der Waals surface area contributed by atoms with Crippen molar-refractivity contribution in [2.75, 3.05) is 7.11 Å². The zero-order valence-corrected chi connectivity index (χ0v) is 10.6. The Labute approximate surface area is 106 Å². The molecule has 18 heavy (non-hydrogen) atoms. The van der Waals surface area contributed by atoms with Crippen LogP contribution in [-0.2, 0) is 6.54 Å². The van der Waals surface area contributed by atoms with Gasteiger partial charge in [0.1, 0.15) is 0 Å². The quantitative estimate of drug-likeness (QED) is 0.857. The summed E-state index contributed by atoms with van der Waals surface area (Å²) < 4.78 is 6.81. The van der Waals surface area contributed by atoms with E-state index in [2.05, 4.69) is 15.3 Å². The summed E-state index contributed by atoms with van der Waals surface area (Å²) in [6, 6.07) is 5.57. The fraction of sp³-hybridized carbons (Fsp3) is 0.417. The molecule has 96 valence electrons. The van der Waals surface area contributed by atoms with Gasteiger partial charge in [0.05, 0.1) is 37.3 Å². The standard InChI is InChI=1S/C12H17N5O/c1-3-10(13)11-8-17(16-15-11)7-9-5-4-6-12(14-9)18-2/h4-6,8,10H,3,7,13H2,1-2H3. The molecule has 0 aliphatic carbocycles. The van der Waals surface area contributed by atoms with Crippen molar-refractivity contribution >= 4 is 0 Å². The number of ether oxygens (including phenoxy) is 1. The van der Waals surface area contributed by atoms with Crippen LogP contribution in [-0.4, -0.2) is 27.1 Å². The minimum Gasteiger partial charge on any atom is -0.481 e. The van der Waals surface area contributed by atoms with Crippen molar-refractivity contribution in [2.24, 2.45) is 5.73 Å². The normalized spacial score (nSPS) is 12.4. The van der Waals surface area contributed by atoms with Gasteiger partial charge >= 0.3 is 0 Å². The molecule has 1 unspecified atom stereocenters. The molecule has 0 bridgehead atoms. The van der Waals surface area contributed by atoms with Crippen LogP contribution in [0.15, 0.2) is 24.4 Å². The van der Waals surface area contributed by atoms with Crippen LogP contribution in [0.4, 0.5) is 0 Å². The average molecular weight is 247 g/mol. The van der Waals surface area contributed by atoms with Crippen molar-refractivity contribution in [1.82, 2.24) is 20.0 Å². The predicted octanol–water partition coefficient (Wildman–Crippen LogP) is 1.14. The van der Waals surface area contributed by atoms with E-state index in [1.807, 2.05) is 31.3 Å². The van der Waals surface area contributed by atoms with Crippen LogP contribution in [0.25, 0.3) is 0 Å². The van der Waals surface area contributed by atoms with Crippen LogP contribution in [0.2, 0.25) is 0 Å². The molecular formula is C12H17N5O. The molecule has 6 nitrogen and oxygen atoms in total. The van der Waals surface area contributed by atoms with E-state index in [0.717, 1.165) is 17.8 Å². The Balaban J connectivity index is 2.11. The minimum absolute atomic E-state index is 0.0583. The van der Waals surface area contributed by atoms with Crippen LogP contribution in [0.1, 0.15) is 30.8 Å². The Kier molecular flexibility index (Phi) is 3.88. The summed E-state index contributed by atoms with van der Waals surface area (Å²) in [4.78, 5) is 4.32. The highest BCUT2D eigenvalue weighted by atomic mass is 16.5. The van der Waals surface area contributed by atoms with Gasteiger partial charge in [0.2, 0.25) is 5.88 Å². The Bertz CT molecular complexity index is 511. The summed E-state index contributed by atoms with van der Waals surface area (Å²) in [5, 5.41) is 8.10. The molecule has 2 rings (SSSR count). The number of aromatic nitrogens is 4. The van der Waals surface area contributed by atoms with Gasteiger partial charge in [-0.05, 0) is 12.5 Å². The van der Waals surface area contributed by atoms with Crippen molar-refractivity contribution in [1.29, 1.82) is 0 Å². The maximum atomic E-state index is 5.90. The summed E-state index contributed by atoms with van der Waals surface area (Å²) in [7, 11) is 1.60. The molecule has 0 amide bonds. The third-order valence-electron chi connectivity index (χ3n) is 2.69. The van der Waals surface area contributed by atoms with Crippen LogP contribution in [0.3, 0.4) is 0 Å². The van der Waals surface area contributed by atoms with E-state index >= 15 is 0 Å². The third-order valence-corrected chi connectivity index (χ3v) is 2.69. The molecule has 1 atom stereocenters. The molecule has 0 spiro atoms. The first-order valence-electron chi connectivity index (χ1n) is 5.88. The minimum atomic E-state index is -0.0583. The van der Waals surface area contributed by atoms with Gasteiger partial charge in [0.25, 0.3) is 0 Å². The summed E-state index contributed by atoms with van der Waals surface area (Å²) in [6.07, 6.45) is 2.70. The van der Waals surface area contributed by atoms with Gasteiger partial charge < -0.3 is 10.5 Å². The van der Waals surface area contributed by atoms with E-state index < -0.39 is 0 Å². The van der Waals surface area contributed by atoms with Gasteiger partial charge in [-0.2, -0.15) is 0 Å². The van der Waals surface area contributed by atoms with E-state index in [1.54, 1.807) is 11.8 Å². The molecule has 0 saturated heterocycles. The lowest BCUT2D eigenvalue weighted by Gasteiger charge is -2.03. The second-order valence-electron chi connectivity index (χ2n) is 4.03. The van der Waals surface area contributed by atoms with Crippen molar-refractivity contribution in [3.63, 3.8) is 0 Å². The number of nitrogens with two attached hydrogens (primary N) is 1. The second-order valence-corrected chi connectivity index (χ2v) is 4.03. The predicted molar refractivity (Wildman–Crippen MR) is 67.1 cm³/mol. The molecule has 2 heterocycles. The number of hydrogen-bond donors (Lipinski definition) is 1. The maximum Gasteiger partial charge on any atom is 0.213 e. The van der Waals surface area contributed by atoms with Gasteiger partial charge in [-0.3, -0.25) is 0 Å². The monoisotopic (exact) mass is 247 g/mol. The van der Waals surface area contributed by atoms with Gasteiger partial charge in [0, 0.05) is 6.07 Å². The Morgan fingerprint density at radius 3 is 3.00 bits per heavy atom. The Morgan fingerprint density at radius 2 is 2.28 bits per heavy atom. The topological polar surface area (TPSA) is 78.9 Å². The Morgan fingerprint density at radius 1 is 1.44 bits per heavy atom. The van der Waals surface area contributed by atoms with Crippen molar-refractivity contribution in [3.05, 3.63) is 35.8 Å². The highest BCUT2D eigenvalue weighted by molar-refractivity contribution is 5.16. The first-order chi connectivity index (χ1) is 8.72. The molecule has 0 aliphatic rings. The number of nitrogens with zero attached hydrogens (tertiary/aromatic N) is 4. The number of hydrogen-bond acceptors (Lipinski definition) is 5. The molecule has 0 aliphatic heterocycles. The SMILES string of the molecule is CCC(N)c1cn(Cc2cccc(OC)n2)nn1. The lowest BCUT2D eigenvalue weighted by molar-refractivity contribution is 0.395. The molecule has 2 aromatic rings. The number of pyridine rings is 1. The molecular weight excluding hydrogens is 230 g/mol. The van der Waals surface area contributed by atoms with E-state index in [0.29, 0.717) is 12.4 Å². The molecule has 0 radical (unpaired) electrons. The van der Waals surface area contributed by atoms with E-state index in [1.165, 1.54) is 0 Å². The molecule has 2 aromatic heterocycles. The summed E-state index contributed by atoms with van der Waals surface area (Å²) in [5.74, 6) is 0.595. The third kappa shape index (κ3) is 2.84. The largest absolute Gasteiger partial charge is 0.481 e. The lowest BCUT2D eigenvalue weighted by atomic mass is 10.2. The first-order valence-corrected chi connectivity index (χ1v) is 5.88. The van der Waals surface area contributed by atoms with Gasteiger partial charge in [-0.1, -0.05) is 18.2 Å². The van der Waals surface area contributed by atoms with Gasteiger partial charge in [-0.15, -0.1) is 5.10 Å². The molecule has 0 aromatic carbocycles. The molecule has 0 fully saturated rings. The van der Waals surface area contributed by atoms with E-state index in [4.69, 9.17) is 10.5 Å². The fourth-order valence-electron chi connectivity index (χ4n) is 1.60. The van der Waals surface area contributed by atoms with Gasteiger partial charge in [0.15, 0.2) is 0 Å². The maximum absolute atomic E-state index is 5.90. The first kappa shape index (κ1) is 12.5. The lowest BCUT2D eigenvalue weighted by Crippen LogP contribution is -2.08. The van der Waals surface area contributed by atoms with Gasteiger partial charge in [-0.25, -0.2) is 9.67 Å². The van der Waals surface area contributed by atoms with Crippen molar-refractivity contribution < 1.29 is 4.74 Å². The van der Waals surface area contributed by atoms with Crippen LogP contribution < -0.4 is 10.5 Å². The zero-order valence-electron chi connectivity index (χ0n) is 10.6. The zero-order chi connectivity index (χ0) is 13.0. The average Bonchev–Trinajstić information content (AvgIpc) is 2.86. The smallest absolute Gasteiger partial charge is 0.213 e. The highest BCUT2D eigenvalue weighted by Gasteiger charge is 2.08. The molecule has 2 N–H and O–H groups in total. The molecule has 0 saturated carbocycles. The fourth-order valence-corrected chi connectivity index (χ4v) is 1.60. The van der Waals surface area contributed by atoms with E-state index in [-0.39, 0.29) is 6.04 Å². The Hall–Kier alpha value is -1.95. The van der Waals surface area contributed by atoms with Crippen molar-refractivity contribution in [2.45, 2.75) is 25.9 Å². The van der Waals surface area contributed by atoms with Crippen LogP contribution in [0.5, 0.6) is 5.88 Å². The van der Waals surface area contributed by atoms with Crippen LogP contribution >= 0.6 is 0 Å². The molecule has 6 heteroatoms. The van der Waals surface area contributed by atoms with Crippen LogP contribution in [0, 0.1) is 0 Å². The highest BCUT2D eigenvalue weighted by Crippen LogP contribution is 2.11. The number of rotatable bonds is 5. The second kappa shape index (κ2) is 5.59. The van der Waals surface area contributed by atoms with Crippen molar-refractivity contribution in [3.8, 4) is 5.88 Å². The summed E-state index contributed by atoms with van der Waals surface area (Å²) in [5.41, 5.74) is 7.57. The summed E-state index contributed by atoms with van der Waals surface area (Å²) >= 11 is 0. The van der Waals surface area contributed by atoms with E-state index in [9.17, 15) is 0 Å². The summed E-state index contributed by atoms with van der Waals surface area (Å²) in [6.45, 7) is 2.58. The number of methoxy groups -OCH3 is 1.